The van der Waals surface area contributed by atoms with Crippen LogP contribution in [0.2, 0.25) is 0 Å². The van der Waals surface area contributed by atoms with Crippen LogP contribution in [0.3, 0.4) is 0 Å². The third-order valence-electron chi connectivity index (χ3n) is 3.12. The minimum atomic E-state index is 0.134. The van der Waals surface area contributed by atoms with Crippen LogP contribution in [0.15, 0.2) is 27.5 Å². The molecule has 0 unspecified atom stereocenters. The molecular weight excluding hydrogens is 312 g/mol. The summed E-state index contributed by atoms with van der Waals surface area (Å²) in [5, 5.41) is 0.822. The number of halogens is 1. The highest BCUT2D eigenvalue weighted by Crippen LogP contribution is 2.21. The van der Waals surface area contributed by atoms with E-state index in [9.17, 15) is 4.79 Å². The average Bonchev–Trinajstić information content (AvgIpc) is 2.67. The Kier molecular flexibility index (Phi) is 4.59. The van der Waals surface area contributed by atoms with Gasteiger partial charge < -0.3 is 4.90 Å². The molecule has 0 atom stereocenters. The Morgan fingerprint density at radius 1 is 1.33 bits per heavy atom. The Morgan fingerprint density at radius 3 is 2.72 bits per heavy atom. The SMILES string of the molecule is CCN(CC)CCn1sc2cc(Br)ccc2c1=O. The molecule has 3 nitrogen and oxygen atoms in total. The second-order valence-corrected chi connectivity index (χ2v) is 6.14. The van der Waals surface area contributed by atoms with E-state index < -0.39 is 0 Å². The Morgan fingerprint density at radius 2 is 2.06 bits per heavy atom. The summed E-state index contributed by atoms with van der Waals surface area (Å²) in [5.41, 5.74) is 0.134. The normalized spacial score (nSPS) is 11.6. The fourth-order valence-corrected chi connectivity index (χ4v) is 3.50. The summed E-state index contributed by atoms with van der Waals surface area (Å²) in [6, 6.07) is 5.83. The van der Waals surface area contributed by atoms with E-state index in [-0.39, 0.29) is 5.56 Å². The monoisotopic (exact) mass is 328 g/mol. The third-order valence-corrected chi connectivity index (χ3v) is 4.72. The van der Waals surface area contributed by atoms with Gasteiger partial charge in [-0.3, -0.25) is 8.75 Å². The van der Waals surface area contributed by atoms with Crippen LogP contribution in [0.4, 0.5) is 0 Å². The van der Waals surface area contributed by atoms with Crippen LogP contribution in [-0.2, 0) is 6.54 Å². The van der Waals surface area contributed by atoms with Gasteiger partial charge in [-0.25, -0.2) is 0 Å². The molecule has 0 saturated carbocycles. The summed E-state index contributed by atoms with van der Waals surface area (Å²) in [4.78, 5) is 14.5. The number of benzene rings is 1. The van der Waals surface area contributed by atoms with E-state index in [4.69, 9.17) is 0 Å². The number of likely N-dealkylation sites (N-methyl/N-ethyl adjacent to an activating group) is 1. The van der Waals surface area contributed by atoms with E-state index in [1.165, 1.54) is 0 Å². The number of hydrogen-bond donors (Lipinski definition) is 0. The van der Waals surface area contributed by atoms with Crippen molar-refractivity contribution in [1.82, 2.24) is 8.86 Å². The van der Waals surface area contributed by atoms with Gasteiger partial charge in [0.05, 0.1) is 10.1 Å². The van der Waals surface area contributed by atoms with Crippen molar-refractivity contribution in [3.8, 4) is 0 Å². The standard InChI is InChI=1S/C13H17BrN2OS/c1-3-15(4-2)7-8-16-13(17)11-6-5-10(14)9-12(11)18-16/h5-6,9H,3-4,7-8H2,1-2H3. The number of hydrogen-bond acceptors (Lipinski definition) is 3. The molecule has 0 aliphatic rings. The van der Waals surface area contributed by atoms with Gasteiger partial charge in [0.25, 0.3) is 5.56 Å². The molecule has 0 amide bonds. The molecule has 1 heterocycles. The van der Waals surface area contributed by atoms with Crippen LogP contribution in [0.1, 0.15) is 13.8 Å². The maximum Gasteiger partial charge on any atom is 0.268 e. The average molecular weight is 329 g/mol. The molecule has 18 heavy (non-hydrogen) atoms. The number of fused-ring (bicyclic) bond motifs is 1. The molecule has 1 aromatic carbocycles. The van der Waals surface area contributed by atoms with Gasteiger partial charge in [-0.15, -0.1) is 0 Å². The first kappa shape index (κ1) is 13.8. The maximum atomic E-state index is 12.2. The minimum Gasteiger partial charge on any atom is -0.302 e. The molecule has 0 N–H and O–H groups in total. The smallest absolute Gasteiger partial charge is 0.268 e. The van der Waals surface area contributed by atoms with E-state index in [0.717, 1.165) is 40.7 Å². The van der Waals surface area contributed by atoms with Crippen molar-refractivity contribution >= 4 is 37.5 Å². The zero-order valence-electron chi connectivity index (χ0n) is 10.6. The fraction of sp³-hybridized carbons (Fsp3) is 0.462. The topological polar surface area (TPSA) is 25.2 Å². The first-order valence-corrected chi connectivity index (χ1v) is 7.74. The van der Waals surface area contributed by atoms with Gasteiger partial charge in [-0.1, -0.05) is 41.3 Å². The molecule has 0 saturated heterocycles. The summed E-state index contributed by atoms with van der Waals surface area (Å²) in [5.74, 6) is 0. The third kappa shape index (κ3) is 2.84. The Balaban J connectivity index is 2.24. The van der Waals surface area contributed by atoms with Gasteiger partial charge in [0.2, 0.25) is 0 Å². The maximum absolute atomic E-state index is 12.2. The molecule has 2 rings (SSSR count). The van der Waals surface area contributed by atoms with Crippen molar-refractivity contribution in [1.29, 1.82) is 0 Å². The van der Waals surface area contributed by atoms with Crippen molar-refractivity contribution in [2.45, 2.75) is 20.4 Å². The Hall–Kier alpha value is -0.650. The van der Waals surface area contributed by atoms with Crippen LogP contribution in [0.25, 0.3) is 10.1 Å². The number of nitrogens with zero attached hydrogens (tertiary/aromatic N) is 2. The molecule has 0 aliphatic carbocycles. The largest absolute Gasteiger partial charge is 0.302 e. The molecule has 0 spiro atoms. The minimum absolute atomic E-state index is 0.134. The lowest BCUT2D eigenvalue weighted by atomic mass is 10.3. The van der Waals surface area contributed by atoms with Gasteiger partial charge in [0.1, 0.15) is 0 Å². The van der Waals surface area contributed by atoms with Crippen molar-refractivity contribution in [2.24, 2.45) is 0 Å². The number of aromatic nitrogens is 1. The molecule has 2 aromatic rings. The van der Waals surface area contributed by atoms with Gasteiger partial charge >= 0.3 is 0 Å². The van der Waals surface area contributed by atoms with E-state index in [0.29, 0.717) is 0 Å². The highest BCUT2D eigenvalue weighted by molar-refractivity contribution is 9.10. The second kappa shape index (κ2) is 5.99. The molecule has 0 bridgehead atoms. The van der Waals surface area contributed by atoms with Crippen molar-refractivity contribution < 1.29 is 0 Å². The van der Waals surface area contributed by atoms with Crippen LogP contribution >= 0.6 is 27.5 Å². The second-order valence-electron chi connectivity index (χ2n) is 4.17. The Bertz CT molecular complexity index is 586. The summed E-state index contributed by atoms with van der Waals surface area (Å²) >= 11 is 4.99. The summed E-state index contributed by atoms with van der Waals surface area (Å²) in [6.45, 7) is 8.06. The van der Waals surface area contributed by atoms with Crippen molar-refractivity contribution in [2.75, 3.05) is 19.6 Å². The highest BCUT2D eigenvalue weighted by Gasteiger charge is 2.08. The van der Waals surface area contributed by atoms with E-state index in [1.54, 1.807) is 11.5 Å². The highest BCUT2D eigenvalue weighted by atomic mass is 79.9. The first-order valence-electron chi connectivity index (χ1n) is 6.17. The van der Waals surface area contributed by atoms with Gasteiger partial charge in [0, 0.05) is 17.6 Å². The predicted molar refractivity (Wildman–Crippen MR) is 81.6 cm³/mol. The molecular formula is C13H17BrN2OS. The van der Waals surface area contributed by atoms with Crippen molar-refractivity contribution in [3.63, 3.8) is 0 Å². The van der Waals surface area contributed by atoms with E-state index in [1.807, 2.05) is 22.2 Å². The number of rotatable bonds is 5. The van der Waals surface area contributed by atoms with E-state index >= 15 is 0 Å². The molecule has 1 aromatic heterocycles. The van der Waals surface area contributed by atoms with Gasteiger partial charge in [-0.2, -0.15) is 0 Å². The molecule has 5 heteroatoms. The van der Waals surface area contributed by atoms with Crippen LogP contribution in [0.5, 0.6) is 0 Å². The lowest BCUT2D eigenvalue weighted by Gasteiger charge is -2.17. The molecule has 0 fully saturated rings. The summed E-state index contributed by atoms with van der Waals surface area (Å²) < 4.78 is 3.93. The van der Waals surface area contributed by atoms with Gasteiger partial charge in [-0.05, 0) is 31.3 Å². The lowest BCUT2D eigenvalue weighted by Crippen LogP contribution is -2.28. The lowest BCUT2D eigenvalue weighted by molar-refractivity contribution is 0.293. The van der Waals surface area contributed by atoms with Gasteiger partial charge in [0.15, 0.2) is 0 Å². The fourth-order valence-electron chi connectivity index (χ4n) is 1.96. The zero-order valence-corrected chi connectivity index (χ0v) is 13.1. The predicted octanol–water partition coefficient (Wildman–Crippen LogP) is 3.17. The molecule has 0 radical (unpaired) electrons. The summed E-state index contributed by atoms with van der Waals surface area (Å²) in [7, 11) is 0. The van der Waals surface area contributed by atoms with Crippen LogP contribution < -0.4 is 5.56 Å². The van der Waals surface area contributed by atoms with E-state index in [2.05, 4.69) is 34.7 Å². The molecule has 98 valence electrons. The van der Waals surface area contributed by atoms with Crippen molar-refractivity contribution in [3.05, 3.63) is 33.0 Å². The Labute approximate surface area is 119 Å². The van der Waals surface area contributed by atoms with Crippen LogP contribution in [-0.4, -0.2) is 28.5 Å². The molecule has 0 aliphatic heterocycles. The quantitative estimate of drug-likeness (QED) is 0.842. The first-order chi connectivity index (χ1) is 8.65. The zero-order chi connectivity index (χ0) is 13.1. The summed E-state index contributed by atoms with van der Waals surface area (Å²) in [6.07, 6.45) is 0. The van der Waals surface area contributed by atoms with Crippen LogP contribution in [0, 0.1) is 0 Å².